The number of rotatable bonds is 5. The average Bonchev–Trinajstić information content (AvgIpc) is 3.35. The number of aromatic amines is 1. The monoisotopic (exact) mass is 446 g/mol. The normalized spacial score (nSPS) is 18.2. The number of aromatic nitrogens is 4. The van der Waals surface area contributed by atoms with Crippen molar-refractivity contribution in [1.29, 1.82) is 0 Å². The van der Waals surface area contributed by atoms with Crippen molar-refractivity contribution in [1.82, 2.24) is 29.7 Å². The first-order valence-electron chi connectivity index (χ1n) is 11.1. The third-order valence-electron chi connectivity index (χ3n) is 6.40. The maximum atomic E-state index is 13.0. The maximum absolute atomic E-state index is 13.0. The molecule has 0 aliphatic carbocycles. The van der Waals surface area contributed by atoms with Gasteiger partial charge in [-0.1, -0.05) is 18.2 Å². The smallest absolute Gasteiger partial charge is 0.274 e. The van der Waals surface area contributed by atoms with Gasteiger partial charge in [-0.15, -0.1) is 0 Å². The van der Waals surface area contributed by atoms with Crippen LogP contribution in [0.15, 0.2) is 47.7 Å². The summed E-state index contributed by atoms with van der Waals surface area (Å²) in [5.41, 5.74) is 2.94. The van der Waals surface area contributed by atoms with Gasteiger partial charge in [-0.3, -0.25) is 19.5 Å². The highest BCUT2D eigenvalue weighted by atomic mass is 16.5. The van der Waals surface area contributed by atoms with E-state index in [1.807, 2.05) is 24.3 Å². The lowest BCUT2D eigenvalue weighted by atomic mass is 10.0. The maximum Gasteiger partial charge on any atom is 0.274 e. The topological polar surface area (TPSA) is 104 Å². The second-order valence-corrected chi connectivity index (χ2v) is 8.48. The zero-order valence-electron chi connectivity index (χ0n) is 18.5. The standard InChI is InChI=1S/C24H26N6O3/c1-33-21-5-3-2-4-16(21)13-29-10-7-19-18(15-29)23(31)28-22(27-19)17-6-11-30(14-17)24(32)20-12-25-8-9-26-20/h2-5,8-9,12,17H,6-7,10-11,13-15H2,1H3,(H,27,28,31)/t17-/m0/s1. The second-order valence-electron chi connectivity index (χ2n) is 8.48. The lowest BCUT2D eigenvalue weighted by Crippen LogP contribution is -2.36. The van der Waals surface area contributed by atoms with Gasteiger partial charge in [-0.25, -0.2) is 9.97 Å². The van der Waals surface area contributed by atoms with Crippen LogP contribution in [0, 0.1) is 0 Å². The molecule has 2 aliphatic rings. The minimum absolute atomic E-state index is 0.00947. The van der Waals surface area contributed by atoms with Gasteiger partial charge in [-0.2, -0.15) is 0 Å². The van der Waals surface area contributed by atoms with Gasteiger partial charge in [0.25, 0.3) is 11.5 Å². The van der Waals surface area contributed by atoms with Crippen LogP contribution in [-0.4, -0.2) is 62.4 Å². The van der Waals surface area contributed by atoms with E-state index >= 15 is 0 Å². The third kappa shape index (κ3) is 4.36. The second kappa shape index (κ2) is 9.11. The molecule has 5 rings (SSSR count). The Balaban J connectivity index is 1.29. The molecule has 0 bridgehead atoms. The van der Waals surface area contributed by atoms with Crippen LogP contribution in [0.5, 0.6) is 5.75 Å². The first kappa shape index (κ1) is 21.3. The molecule has 0 spiro atoms. The van der Waals surface area contributed by atoms with Crippen molar-refractivity contribution in [3.05, 3.63) is 81.5 Å². The molecular formula is C24H26N6O3. The number of likely N-dealkylation sites (tertiary alicyclic amines) is 1. The van der Waals surface area contributed by atoms with Crippen LogP contribution >= 0.6 is 0 Å². The van der Waals surface area contributed by atoms with E-state index in [9.17, 15) is 9.59 Å². The predicted octanol–water partition coefficient (Wildman–Crippen LogP) is 1.76. The third-order valence-corrected chi connectivity index (χ3v) is 6.40. The molecule has 1 amide bonds. The number of amides is 1. The summed E-state index contributed by atoms with van der Waals surface area (Å²) in [4.78, 5) is 45.5. The van der Waals surface area contributed by atoms with Gasteiger partial charge in [0.05, 0.1) is 24.6 Å². The Morgan fingerprint density at radius 1 is 1.24 bits per heavy atom. The Hall–Kier alpha value is -3.59. The number of carbonyl (C=O) groups is 1. The van der Waals surface area contributed by atoms with Crippen molar-refractivity contribution in [2.75, 3.05) is 26.7 Å². The number of carbonyl (C=O) groups excluding carboxylic acids is 1. The molecule has 1 saturated heterocycles. The average molecular weight is 447 g/mol. The zero-order valence-corrected chi connectivity index (χ0v) is 18.5. The van der Waals surface area contributed by atoms with Gasteiger partial charge in [0.2, 0.25) is 0 Å². The van der Waals surface area contributed by atoms with Crippen LogP contribution < -0.4 is 10.3 Å². The molecule has 0 radical (unpaired) electrons. The molecule has 1 N–H and O–H groups in total. The van der Waals surface area contributed by atoms with E-state index in [-0.39, 0.29) is 17.4 Å². The zero-order chi connectivity index (χ0) is 22.8. The lowest BCUT2D eigenvalue weighted by Gasteiger charge is -2.28. The molecule has 0 saturated carbocycles. The highest BCUT2D eigenvalue weighted by Gasteiger charge is 2.31. The summed E-state index contributed by atoms with van der Waals surface area (Å²) >= 11 is 0. The Bertz CT molecular complexity index is 1210. The summed E-state index contributed by atoms with van der Waals surface area (Å²) in [6, 6.07) is 7.95. The summed E-state index contributed by atoms with van der Waals surface area (Å²) < 4.78 is 5.46. The number of methoxy groups -OCH3 is 1. The number of H-pyrrole nitrogens is 1. The Labute approximate surface area is 191 Å². The van der Waals surface area contributed by atoms with Gasteiger partial charge < -0.3 is 14.6 Å². The van der Waals surface area contributed by atoms with E-state index in [2.05, 4.69) is 19.9 Å². The highest BCUT2D eigenvalue weighted by molar-refractivity contribution is 5.92. The summed E-state index contributed by atoms with van der Waals surface area (Å²) in [7, 11) is 1.67. The van der Waals surface area contributed by atoms with Crippen LogP contribution in [0.3, 0.4) is 0 Å². The minimum atomic E-state index is -0.141. The van der Waals surface area contributed by atoms with E-state index in [4.69, 9.17) is 9.72 Å². The molecule has 1 aromatic carbocycles. The van der Waals surface area contributed by atoms with Gasteiger partial charge in [-0.05, 0) is 12.5 Å². The van der Waals surface area contributed by atoms with Crippen LogP contribution in [-0.2, 0) is 19.5 Å². The molecule has 1 fully saturated rings. The first-order valence-corrected chi connectivity index (χ1v) is 11.1. The molecule has 33 heavy (non-hydrogen) atoms. The number of hydrogen-bond donors (Lipinski definition) is 1. The lowest BCUT2D eigenvalue weighted by molar-refractivity contribution is 0.0784. The quantitative estimate of drug-likeness (QED) is 0.637. The minimum Gasteiger partial charge on any atom is -0.496 e. The number of nitrogens with one attached hydrogen (secondary N) is 1. The molecule has 4 heterocycles. The Kier molecular flexibility index (Phi) is 5.87. The van der Waals surface area contributed by atoms with Gasteiger partial charge in [0.15, 0.2) is 0 Å². The summed E-state index contributed by atoms with van der Waals surface area (Å²) in [6.07, 6.45) is 6.01. The van der Waals surface area contributed by atoms with Crippen molar-refractivity contribution in [3.63, 3.8) is 0 Å². The van der Waals surface area contributed by atoms with E-state index in [0.717, 1.165) is 42.0 Å². The van der Waals surface area contributed by atoms with Crippen molar-refractivity contribution < 1.29 is 9.53 Å². The molecule has 2 aliphatic heterocycles. The van der Waals surface area contributed by atoms with E-state index in [1.165, 1.54) is 12.4 Å². The molecule has 9 heteroatoms. The van der Waals surface area contributed by atoms with E-state index in [0.29, 0.717) is 37.7 Å². The largest absolute Gasteiger partial charge is 0.496 e. The van der Waals surface area contributed by atoms with Crippen molar-refractivity contribution >= 4 is 5.91 Å². The van der Waals surface area contributed by atoms with Crippen molar-refractivity contribution in [3.8, 4) is 5.75 Å². The van der Waals surface area contributed by atoms with Gasteiger partial charge >= 0.3 is 0 Å². The molecule has 3 aromatic rings. The summed E-state index contributed by atoms with van der Waals surface area (Å²) in [5.74, 6) is 1.40. The fraction of sp³-hybridized carbons (Fsp3) is 0.375. The SMILES string of the molecule is COc1ccccc1CN1CCc2nc([C@H]3CCN(C(=O)c4cnccn4)C3)[nH]c(=O)c2C1. The van der Waals surface area contributed by atoms with Gasteiger partial charge in [0.1, 0.15) is 17.3 Å². The summed E-state index contributed by atoms with van der Waals surface area (Å²) in [5, 5.41) is 0. The molecule has 170 valence electrons. The van der Waals surface area contributed by atoms with Crippen LogP contribution in [0.25, 0.3) is 0 Å². The fourth-order valence-electron chi connectivity index (χ4n) is 4.64. The van der Waals surface area contributed by atoms with Gasteiger partial charge in [0, 0.05) is 63.0 Å². The van der Waals surface area contributed by atoms with Crippen molar-refractivity contribution in [2.24, 2.45) is 0 Å². The molecule has 9 nitrogen and oxygen atoms in total. The van der Waals surface area contributed by atoms with Crippen LogP contribution in [0.2, 0.25) is 0 Å². The number of hydrogen-bond acceptors (Lipinski definition) is 7. The fourth-order valence-corrected chi connectivity index (χ4v) is 4.64. The Morgan fingerprint density at radius 3 is 2.94 bits per heavy atom. The number of ether oxygens (including phenoxy) is 1. The van der Waals surface area contributed by atoms with E-state index in [1.54, 1.807) is 18.2 Å². The van der Waals surface area contributed by atoms with Crippen LogP contribution in [0.1, 0.15) is 45.5 Å². The Morgan fingerprint density at radius 2 is 2.12 bits per heavy atom. The predicted molar refractivity (Wildman–Crippen MR) is 121 cm³/mol. The first-order chi connectivity index (χ1) is 16.1. The van der Waals surface area contributed by atoms with Crippen LogP contribution in [0.4, 0.5) is 0 Å². The molecular weight excluding hydrogens is 420 g/mol. The van der Waals surface area contributed by atoms with Crippen molar-refractivity contribution in [2.45, 2.75) is 31.8 Å². The molecule has 0 unspecified atom stereocenters. The number of benzene rings is 1. The summed E-state index contributed by atoms with van der Waals surface area (Å²) in [6.45, 7) is 3.21. The van der Waals surface area contributed by atoms with E-state index < -0.39 is 0 Å². The molecule has 2 aromatic heterocycles. The number of para-hydroxylation sites is 1. The molecule has 1 atom stereocenters. The number of fused-ring (bicyclic) bond motifs is 1. The number of nitrogens with zero attached hydrogens (tertiary/aromatic N) is 5. The highest BCUT2D eigenvalue weighted by Crippen LogP contribution is 2.27.